The number of β-amino-alcohol motifs (C(OH)–C–C–N with tert-alkyl or cyclic N) is 1. The summed E-state index contributed by atoms with van der Waals surface area (Å²) in [5.74, 6) is 1.59. The van der Waals surface area contributed by atoms with Gasteiger partial charge in [0.25, 0.3) is 0 Å². The summed E-state index contributed by atoms with van der Waals surface area (Å²) in [5.41, 5.74) is -0.808. The van der Waals surface area contributed by atoms with Gasteiger partial charge in [0.2, 0.25) is 5.89 Å². The summed E-state index contributed by atoms with van der Waals surface area (Å²) in [5, 5.41) is 18.4. The van der Waals surface area contributed by atoms with Crippen molar-refractivity contribution in [1.82, 2.24) is 24.9 Å². The maximum atomic E-state index is 10.7. The zero-order chi connectivity index (χ0) is 15.8. The summed E-state index contributed by atoms with van der Waals surface area (Å²) in [7, 11) is 0. The van der Waals surface area contributed by atoms with E-state index in [1.54, 1.807) is 23.3 Å². The average Bonchev–Trinajstić information content (AvgIpc) is 3.11. The topological polar surface area (TPSA) is 80.2 Å². The minimum atomic E-state index is -0.771. The molecule has 22 heavy (non-hydrogen) atoms. The van der Waals surface area contributed by atoms with Gasteiger partial charge in [0.1, 0.15) is 5.76 Å². The largest absolute Gasteiger partial charge is 0.444 e. The first-order valence-electron chi connectivity index (χ1n) is 7.58. The van der Waals surface area contributed by atoms with E-state index < -0.39 is 5.60 Å². The van der Waals surface area contributed by atoms with Gasteiger partial charge in [0.05, 0.1) is 31.1 Å². The zero-order valence-corrected chi connectivity index (χ0v) is 13.4. The molecular weight excluding hydrogens is 282 g/mol. The van der Waals surface area contributed by atoms with Crippen LogP contribution in [0, 0.1) is 0 Å². The Labute approximate surface area is 129 Å². The number of oxazole rings is 1. The highest BCUT2D eigenvalue weighted by molar-refractivity contribution is 5.06. The lowest BCUT2D eigenvalue weighted by Gasteiger charge is -2.22. The zero-order valence-electron chi connectivity index (χ0n) is 13.4. The lowest BCUT2D eigenvalue weighted by atomic mass is 9.94. The first-order valence-corrected chi connectivity index (χ1v) is 7.58. The number of nitrogens with zero attached hydrogens (tertiary/aromatic N) is 5. The Hall–Kier alpha value is -1.73. The predicted octanol–water partition coefficient (Wildman–Crippen LogP) is 1.20. The fourth-order valence-electron chi connectivity index (χ4n) is 2.74. The van der Waals surface area contributed by atoms with Crippen molar-refractivity contribution in [3.05, 3.63) is 30.2 Å². The van der Waals surface area contributed by atoms with Gasteiger partial charge in [-0.3, -0.25) is 4.90 Å². The molecule has 1 unspecified atom stereocenters. The van der Waals surface area contributed by atoms with E-state index in [-0.39, 0.29) is 5.41 Å². The molecule has 3 heterocycles. The fraction of sp³-hybridized carbons (Fsp3) is 0.667. The van der Waals surface area contributed by atoms with Crippen molar-refractivity contribution in [3.8, 4) is 0 Å². The summed E-state index contributed by atoms with van der Waals surface area (Å²) in [4.78, 5) is 6.51. The molecule has 1 fully saturated rings. The van der Waals surface area contributed by atoms with E-state index in [4.69, 9.17) is 4.42 Å². The van der Waals surface area contributed by atoms with E-state index in [0.29, 0.717) is 31.9 Å². The highest BCUT2D eigenvalue weighted by atomic mass is 16.4. The Bertz CT molecular complexity index is 616. The van der Waals surface area contributed by atoms with E-state index >= 15 is 0 Å². The molecule has 0 aromatic carbocycles. The molecule has 3 rings (SSSR count). The van der Waals surface area contributed by atoms with Crippen LogP contribution >= 0.6 is 0 Å². The molecule has 2 aromatic rings. The molecule has 120 valence electrons. The van der Waals surface area contributed by atoms with Crippen LogP contribution in [-0.4, -0.2) is 48.7 Å². The molecule has 1 aliphatic rings. The summed E-state index contributed by atoms with van der Waals surface area (Å²) in [6.07, 6.45) is 5.90. The molecule has 2 aromatic heterocycles. The van der Waals surface area contributed by atoms with Crippen molar-refractivity contribution in [2.45, 2.75) is 51.3 Å². The van der Waals surface area contributed by atoms with Crippen LogP contribution < -0.4 is 0 Å². The number of aliphatic hydroxyl groups is 1. The minimum Gasteiger partial charge on any atom is -0.444 e. The maximum Gasteiger partial charge on any atom is 0.208 e. The monoisotopic (exact) mass is 305 g/mol. The van der Waals surface area contributed by atoms with Crippen molar-refractivity contribution < 1.29 is 9.52 Å². The first kappa shape index (κ1) is 15.2. The highest BCUT2D eigenvalue weighted by Crippen LogP contribution is 2.26. The molecule has 1 saturated heterocycles. The van der Waals surface area contributed by atoms with Gasteiger partial charge in [-0.2, -0.15) is 0 Å². The van der Waals surface area contributed by atoms with E-state index in [9.17, 15) is 5.11 Å². The number of hydrogen-bond acceptors (Lipinski definition) is 6. The first-order chi connectivity index (χ1) is 10.3. The van der Waals surface area contributed by atoms with Gasteiger partial charge in [-0.25, -0.2) is 9.67 Å². The van der Waals surface area contributed by atoms with Gasteiger partial charge in [-0.15, -0.1) is 5.10 Å². The molecule has 0 bridgehead atoms. The third kappa shape index (κ3) is 3.36. The maximum absolute atomic E-state index is 10.7. The van der Waals surface area contributed by atoms with Gasteiger partial charge in [0, 0.05) is 24.7 Å². The quantitative estimate of drug-likeness (QED) is 0.914. The molecule has 0 radical (unpaired) electrons. The van der Waals surface area contributed by atoms with Gasteiger partial charge in [-0.05, 0) is 6.42 Å². The number of likely N-dealkylation sites (tertiary alicyclic amines) is 1. The summed E-state index contributed by atoms with van der Waals surface area (Å²) in [6, 6.07) is 0. The van der Waals surface area contributed by atoms with Gasteiger partial charge >= 0.3 is 0 Å². The van der Waals surface area contributed by atoms with Gasteiger partial charge in [0.15, 0.2) is 0 Å². The van der Waals surface area contributed by atoms with Crippen molar-refractivity contribution in [1.29, 1.82) is 0 Å². The molecule has 1 N–H and O–H groups in total. The summed E-state index contributed by atoms with van der Waals surface area (Å²) in [6.45, 7) is 8.79. The minimum absolute atomic E-state index is 0.0376. The molecule has 0 spiro atoms. The Morgan fingerprint density at radius 3 is 2.86 bits per heavy atom. The standard InChI is InChI=1S/C15H23N5O2/c1-14(2,3)12-8-16-13(22-12)9-19-6-4-15(21,10-19)11-20-7-5-17-18-20/h5,7-8,21H,4,6,9-11H2,1-3H3. The van der Waals surface area contributed by atoms with Gasteiger partial charge in [-0.1, -0.05) is 26.0 Å². The van der Waals surface area contributed by atoms with E-state index in [1.165, 1.54) is 0 Å². The Morgan fingerprint density at radius 1 is 1.41 bits per heavy atom. The second-order valence-corrected chi connectivity index (χ2v) is 7.15. The van der Waals surface area contributed by atoms with Crippen molar-refractivity contribution in [2.75, 3.05) is 13.1 Å². The van der Waals surface area contributed by atoms with Crippen molar-refractivity contribution >= 4 is 0 Å². The van der Waals surface area contributed by atoms with Crippen LogP contribution in [0.4, 0.5) is 0 Å². The van der Waals surface area contributed by atoms with Crippen LogP contribution in [0.25, 0.3) is 0 Å². The molecule has 0 amide bonds. The lowest BCUT2D eigenvalue weighted by molar-refractivity contribution is 0.0267. The molecule has 1 atom stereocenters. The van der Waals surface area contributed by atoms with Crippen LogP contribution in [-0.2, 0) is 18.5 Å². The summed E-state index contributed by atoms with van der Waals surface area (Å²) < 4.78 is 7.50. The smallest absolute Gasteiger partial charge is 0.208 e. The second kappa shape index (κ2) is 5.48. The number of aromatic nitrogens is 4. The van der Waals surface area contributed by atoms with Crippen LogP contribution in [0.5, 0.6) is 0 Å². The van der Waals surface area contributed by atoms with E-state index in [0.717, 1.165) is 12.3 Å². The molecule has 7 heteroatoms. The van der Waals surface area contributed by atoms with Crippen molar-refractivity contribution in [2.24, 2.45) is 0 Å². The van der Waals surface area contributed by atoms with E-state index in [2.05, 4.69) is 41.0 Å². The third-order valence-electron chi connectivity index (χ3n) is 3.99. The average molecular weight is 305 g/mol. The number of hydrogen-bond donors (Lipinski definition) is 1. The lowest BCUT2D eigenvalue weighted by Crippen LogP contribution is -2.37. The van der Waals surface area contributed by atoms with Crippen LogP contribution in [0.3, 0.4) is 0 Å². The SMILES string of the molecule is CC(C)(C)c1cnc(CN2CCC(O)(Cn3ccnn3)C2)o1. The Morgan fingerprint density at radius 2 is 2.23 bits per heavy atom. The van der Waals surface area contributed by atoms with Crippen LogP contribution in [0.15, 0.2) is 23.0 Å². The van der Waals surface area contributed by atoms with Crippen molar-refractivity contribution in [3.63, 3.8) is 0 Å². The molecular formula is C15H23N5O2. The molecule has 1 aliphatic heterocycles. The fourth-order valence-corrected chi connectivity index (χ4v) is 2.74. The highest BCUT2D eigenvalue weighted by Gasteiger charge is 2.37. The van der Waals surface area contributed by atoms with E-state index in [1.807, 2.05) is 0 Å². The normalized spacial score (nSPS) is 23.3. The molecule has 0 saturated carbocycles. The van der Waals surface area contributed by atoms with Crippen LogP contribution in [0.2, 0.25) is 0 Å². The second-order valence-electron chi connectivity index (χ2n) is 7.15. The summed E-state index contributed by atoms with van der Waals surface area (Å²) >= 11 is 0. The Kier molecular flexibility index (Phi) is 3.78. The van der Waals surface area contributed by atoms with Crippen LogP contribution in [0.1, 0.15) is 38.8 Å². The van der Waals surface area contributed by atoms with Gasteiger partial charge < -0.3 is 9.52 Å². The molecule has 7 nitrogen and oxygen atoms in total. The molecule has 0 aliphatic carbocycles. The Balaban J connectivity index is 1.60. The third-order valence-corrected chi connectivity index (χ3v) is 3.99. The number of rotatable bonds is 4. The predicted molar refractivity (Wildman–Crippen MR) is 80.1 cm³/mol.